The molecule has 2 aromatic carbocycles. The second-order valence-corrected chi connectivity index (χ2v) is 7.14. The van der Waals surface area contributed by atoms with E-state index in [1.807, 2.05) is 68.3 Å². The molecule has 0 spiro atoms. The highest BCUT2D eigenvalue weighted by Crippen LogP contribution is 2.23. The lowest BCUT2D eigenvalue weighted by atomic mass is 10.2. The van der Waals surface area contributed by atoms with Crippen LogP contribution in [0.4, 0.5) is 5.69 Å². The Morgan fingerprint density at radius 3 is 2.62 bits per heavy atom. The molecule has 124 valence electrons. The molecule has 1 aromatic heterocycles. The molecule has 0 aliphatic heterocycles. The van der Waals surface area contributed by atoms with Crippen molar-refractivity contribution in [2.45, 2.75) is 26.4 Å². The summed E-state index contributed by atoms with van der Waals surface area (Å²) in [4.78, 5) is 19.1. The number of amides is 1. The van der Waals surface area contributed by atoms with Crippen LogP contribution >= 0.6 is 11.3 Å². The highest BCUT2D eigenvalue weighted by atomic mass is 32.1. The van der Waals surface area contributed by atoms with Gasteiger partial charge in [0.05, 0.1) is 22.8 Å². The zero-order valence-electron chi connectivity index (χ0n) is 14.1. The fraction of sp³-hybridized carbons (Fsp3) is 0.263. The molecule has 24 heavy (non-hydrogen) atoms. The number of hydrogen-bond acceptors (Lipinski definition) is 4. The highest BCUT2D eigenvalue weighted by Gasteiger charge is 2.19. The second-order valence-electron chi connectivity index (χ2n) is 6.02. The second kappa shape index (κ2) is 7.11. The molecule has 0 fully saturated rings. The third-order valence-electron chi connectivity index (χ3n) is 4.08. The Bertz CT molecular complexity index is 808. The molecule has 0 bridgehead atoms. The number of thiazole rings is 1. The van der Waals surface area contributed by atoms with Crippen LogP contribution in [-0.2, 0) is 11.3 Å². The molecule has 4 nitrogen and oxygen atoms in total. The lowest BCUT2D eigenvalue weighted by molar-refractivity contribution is -0.120. The molecular weight excluding hydrogens is 318 g/mol. The number of carbonyl (C=O) groups is 1. The fourth-order valence-electron chi connectivity index (χ4n) is 2.42. The summed E-state index contributed by atoms with van der Waals surface area (Å²) in [7, 11) is 1.95. The maximum atomic E-state index is 12.4. The third kappa shape index (κ3) is 3.80. The molecule has 1 heterocycles. The van der Waals surface area contributed by atoms with Crippen LogP contribution in [0.1, 0.15) is 17.5 Å². The van der Waals surface area contributed by atoms with Gasteiger partial charge in [0.15, 0.2) is 0 Å². The summed E-state index contributed by atoms with van der Waals surface area (Å²) in [6, 6.07) is 15.7. The lowest BCUT2D eigenvalue weighted by Gasteiger charge is -2.22. The first-order valence-electron chi connectivity index (χ1n) is 7.95. The molecule has 5 heteroatoms. The van der Waals surface area contributed by atoms with E-state index in [1.165, 1.54) is 10.3 Å². The van der Waals surface area contributed by atoms with Crippen LogP contribution in [0, 0.1) is 6.92 Å². The molecule has 1 atom stereocenters. The SMILES string of the molecule is Cc1ccc(NC(=O)C(C)N(C)Cc2nc3ccccc3s2)cc1. The first-order chi connectivity index (χ1) is 11.5. The predicted octanol–water partition coefficient (Wildman–Crippen LogP) is 4.06. The van der Waals surface area contributed by atoms with Crippen molar-refractivity contribution in [2.75, 3.05) is 12.4 Å². The van der Waals surface area contributed by atoms with Crippen LogP contribution in [0.3, 0.4) is 0 Å². The van der Waals surface area contributed by atoms with E-state index in [0.29, 0.717) is 6.54 Å². The highest BCUT2D eigenvalue weighted by molar-refractivity contribution is 7.18. The molecule has 1 amide bonds. The minimum Gasteiger partial charge on any atom is -0.325 e. The van der Waals surface area contributed by atoms with Gasteiger partial charge in [0.1, 0.15) is 5.01 Å². The Morgan fingerprint density at radius 1 is 1.21 bits per heavy atom. The number of benzene rings is 2. The number of rotatable bonds is 5. The van der Waals surface area contributed by atoms with Gasteiger partial charge in [-0.3, -0.25) is 9.69 Å². The van der Waals surface area contributed by atoms with E-state index in [1.54, 1.807) is 11.3 Å². The predicted molar refractivity (Wildman–Crippen MR) is 100 cm³/mol. The molecule has 0 saturated carbocycles. The Labute approximate surface area is 146 Å². The largest absolute Gasteiger partial charge is 0.325 e. The summed E-state index contributed by atoms with van der Waals surface area (Å²) in [6.45, 7) is 4.60. The maximum absolute atomic E-state index is 12.4. The molecule has 0 radical (unpaired) electrons. The van der Waals surface area contributed by atoms with Crippen molar-refractivity contribution in [2.24, 2.45) is 0 Å². The zero-order chi connectivity index (χ0) is 17.1. The normalized spacial score (nSPS) is 12.5. The quantitative estimate of drug-likeness (QED) is 0.762. The molecule has 0 aliphatic carbocycles. The lowest BCUT2D eigenvalue weighted by Crippen LogP contribution is -2.39. The number of nitrogens with zero attached hydrogens (tertiary/aromatic N) is 2. The van der Waals surface area contributed by atoms with Gasteiger partial charge in [0.25, 0.3) is 0 Å². The minimum atomic E-state index is -0.238. The van der Waals surface area contributed by atoms with Crippen LogP contribution in [0.2, 0.25) is 0 Å². The number of fused-ring (bicyclic) bond motifs is 1. The summed E-state index contributed by atoms with van der Waals surface area (Å²) >= 11 is 1.68. The molecule has 1 N–H and O–H groups in total. The summed E-state index contributed by atoms with van der Waals surface area (Å²) in [5, 5.41) is 3.99. The summed E-state index contributed by atoms with van der Waals surface area (Å²) in [6.07, 6.45) is 0. The van der Waals surface area contributed by atoms with Crippen molar-refractivity contribution >= 4 is 33.1 Å². The number of aryl methyl sites for hydroxylation is 1. The topological polar surface area (TPSA) is 45.2 Å². The van der Waals surface area contributed by atoms with Crippen molar-refractivity contribution in [1.82, 2.24) is 9.88 Å². The summed E-state index contributed by atoms with van der Waals surface area (Å²) < 4.78 is 1.18. The van der Waals surface area contributed by atoms with Gasteiger partial charge >= 0.3 is 0 Å². The zero-order valence-corrected chi connectivity index (χ0v) is 14.9. The van der Waals surface area contributed by atoms with E-state index in [4.69, 9.17) is 0 Å². The standard InChI is InChI=1S/C19H21N3OS/c1-13-8-10-15(11-9-13)20-19(23)14(2)22(3)12-18-21-16-6-4-5-7-17(16)24-18/h4-11,14H,12H2,1-3H3,(H,20,23). The van der Waals surface area contributed by atoms with E-state index < -0.39 is 0 Å². The van der Waals surface area contributed by atoms with E-state index in [-0.39, 0.29) is 11.9 Å². The van der Waals surface area contributed by atoms with Gasteiger partial charge in [-0.25, -0.2) is 4.98 Å². The van der Waals surface area contributed by atoms with Gasteiger partial charge in [-0.2, -0.15) is 0 Å². The molecule has 0 saturated heterocycles. The van der Waals surface area contributed by atoms with Crippen molar-refractivity contribution in [1.29, 1.82) is 0 Å². The molecule has 1 unspecified atom stereocenters. The smallest absolute Gasteiger partial charge is 0.241 e. The Kier molecular flexibility index (Phi) is 4.92. The Balaban J connectivity index is 1.63. The average molecular weight is 339 g/mol. The van der Waals surface area contributed by atoms with Gasteiger partial charge in [-0.15, -0.1) is 11.3 Å². The number of likely N-dealkylation sites (N-methyl/N-ethyl adjacent to an activating group) is 1. The number of anilines is 1. The first kappa shape index (κ1) is 16.6. The maximum Gasteiger partial charge on any atom is 0.241 e. The Hall–Kier alpha value is -2.24. The van der Waals surface area contributed by atoms with Gasteiger partial charge in [0.2, 0.25) is 5.91 Å². The van der Waals surface area contributed by atoms with Crippen LogP contribution in [-0.4, -0.2) is 28.9 Å². The van der Waals surface area contributed by atoms with Crippen LogP contribution in [0.5, 0.6) is 0 Å². The number of hydrogen-bond donors (Lipinski definition) is 1. The third-order valence-corrected chi connectivity index (χ3v) is 5.10. The van der Waals surface area contributed by atoms with Crippen molar-refractivity contribution in [3.63, 3.8) is 0 Å². The fourth-order valence-corrected chi connectivity index (χ4v) is 3.45. The molecule has 0 aliphatic rings. The molecular formula is C19H21N3OS. The van der Waals surface area contributed by atoms with Gasteiger partial charge in [-0.05, 0) is 45.2 Å². The summed E-state index contributed by atoms with van der Waals surface area (Å²) in [5.41, 5.74) is 3.02. The van der Waals surface area contributed by atoms with E-state index in [0.717, 1.165) is 16.2 Å². The minimum absolute atomic E-state index is 0.0116. The van der Waals surface area contributed by atoms with Crippen molar-refractivity contribution < 1.29 is 4.79 Å². The number of aromatic nitrogens is 1. The van der Waals surface area contributed by atoms with Gasteiger partial charge in [-0.1, -0.05) is 29.8 Å². The van der Waals surface area contributed by atoms with E-state index in [2.05, 4.69) is 16.4 Å². The Morgan fingerprint density at radius 2 is 1.92 bits per heavy atom. The van der Waals surface area contributed by atoms with Gasteiger partial charge < -0.3 is 5.32 Å². The molecule has 3 aromatic rings. The first-order valence-corrected chi connectivity index (χ1v) is 8.77. The number of nitrogens with one attached hydrogen (secondary N) is 1. The van der Waals surface area contributed by atoms with Crippen LogP contribution in [0.15, 0.2) is 48.5 Å². The number of para-hydroxylation sites is 1. The van der Waals surface area contributed by atoms with E-state index >= 15 is 0 Å². The summed E-state index contributed by atoms with van der Waals surface area (Å²) in [5.74, 6) is -0.0116. The van der Waals surface area contributed by atoms with Crippen LogP contribution in [0.25, 0.3) is 10.2 Å². The monoisotopic (exact) mass is 339 g/mol. The van der Waals surface area contributed by atoms with Gasteiger partial charge in [0, 0.05) is 5.69 Å². The molecule has 3 rings (SSSR count). The average Bonchev–Trinajstić information content (AvgIpc) is 2.98. The van der Waals surface area contributed by atoms with Crippen molar-refractivity contribution in [3.05, 3.63) is 59.1 Å². The van der Waals surface area contributed by atoms with Crippen molar-refractivity contribution in [3.8, 4) is 0 Å². The van der Waals surface area contributed by atoms with E-state index in [9.17, 15) is 4.79 Å². The number of carbonyl (C=O) groups excluding carboxylic acids is 1. The van der Waals surface area contributed by atoms with Crippen LogP contribution < -0.4 is 5.32 Å².